The van der Waals surface area contributed by atoms with Gasteiger partial charge in [-0.1, -0.05) is 48.5 Å². The van der Waals surface area contributed by atoms with Crippen LogP contribution in [0.1, 0.15) is 18.9 Å². The maximum absolute atomic E-state index is 12.6. The number of amides is 1. The van der Waals surface area contributed by atoms with Crippen LogP contribution < -0.4 is 9.62 Å². The van der Waals surface area contributed by atoms with Crippen LogP contribution in [0.15, 0.2) is 60.7 Å². The maximum Gasteiger partial charge on any atom is 0.304 e. The van der Waals surface area contributed by atoms with Crippen molar-refractivity contribution in [2.24, 2.45) is 0 Å². The summed E-state index contributed by atoms with van der Waals surface area (Å²) in [6, 6.07) is 18.6. The van der Waals surface area contributed by atoms with Gasteiger partial charge < -0.3 is 5.32 Å². The minimum Gasteiger partial charge on any atom is -0.352 e. The first kappa shape index (κ1) is 20.9. The Morgan fingerprint density at radius 2 is 1.56 bits per heavy atom. The lowest BCUT2D eigenvalue weighted by Gasteiger charge is -2.27. The van der Waals surface area contributed by atoms with Gasteiger partial charge in [0.25, 0.3) is 0 Å². The van der Waals surface area contributed by atoms with Crippen LogP contribution in [0.25, 0.3) is 0 Å². The van der Waals surface area contributed by atoms with E-state index in [9.17, 15) is 13.2 Å². The molecular weight excluding hydrogens is 362 g/mol. The van der Waals surface area contributed by atoms with Gasteiger partial charge in [0.2, 0.25) is 5.91 Å². The Balaban J connectivity index is 2.01. The Hall–Kier alpha value is -2.38. The molecule has 27 heavy (non-hydrogen) atoms. The van der Waals surface area contributed by atoms with Crippen molar-refractivity contribution >= 4 is 21.8 Å². The molecule has 1 N–H and O–H groups in total. The topological polar surface area (TPSA) is 69.7 Å². The van der Waals surface area contributed by atoms with Crippen LogP contribution >= 0.6 is 0 Å². The lowest BCUT2D eigenvalue weighted by Crippen LogP contribution is -2.47. The van der Waals surface area contributed by atoms with Gasteiger partial charge >= 0.3 is 10.2 Å². The highest BCUT2D eigenvalue weighted by Gasteiger charge is 2.27. The molecular formula is C20H27N3O3S. The van der Waals surface area contributed by atoms with Gasteiger partial charge in [-0.25, -0.2) is 4.31 Å². The van der Waals surface area contributed by atoms with Gasteiger partial charge in [-0.2, -0.15) is 12.7 Å². The van der Waals surface area contributed by atoms with Crippen LogP contribution in [-0.2, 0) is 21.4 Å². The second kappa shape index (κ2) is 9.53. The third-order valence-electron chi connectivity index (χ3n) is 4.19. The molecule has 0 unspecified atom stereocenters. The molecule has 0 saturated carbocycles. The molecule has 0 aliphatic heterocycles. The second-order valence-corrected chi connectivity index (χ2v) is 8.69. The van der Waals surface area contributed by atoms with Crippen LogP contribution in [0.2, 0.25) is 0 Å². The first-order valence-electron chi connectivity index (χ1n) is 8.89. The number of nitrogens with zero attached hydrogens (tertiary/aromatic N) is 2. The molecule has 0 heterocycles. The molecule has 0 aromatic heterocycles. The highest BCUT2D eigenvalue weighted by molar-refractivity contribution is 7.90. The van der Waals surface area contributed by atoms with Crippen molar-refractivity contribution in [3.63, 3.8) is 0 Å². The average molecular weight is 390 g/mol. The van der Waals surface area contributed by atoms with Crippen molar-refractivity contribution in [1.29, 1.82) is 0 Å². The zero-order valence-corrected chi connectivity index (χ0v) is 16.8. The fourth-order valence-electron chi connectivity index (χ4n) is 2.65. The Bertz CT molecular complexity index is 824. The number of aryl methyl sites for hydroxylation is 1. The van der Waals surface area contributed by atoms with Gasteiger partial charge in [0.1, 0.15) is 6.54 Å². The quantitative estimate of drug-likeness (QED) is 0.716. The number of hydrogen-bond acceptors (Lipinski definition) is 3. The average Bonchev–Trinajstić information content (AvgIpc) is 2.65. The minimum atomic E-state index is -3.77. The summed E-state index contributed by atoms with van der Waals surface area (Å²) in [5.41, 5.74) is 1.66. The third-order valence-corrected chi connectivity index (χ3v) is 6.01. The van der Waals surface area contributed by atoms with E-state index in [1.807, 2.05) is 25.1 Å². The van der Waals surface area contributed by atoms with Crippen LogP contribution in [0.3, 0.4) is 0 Å². The molecule has 2 aromatic rings. The highest BCUT2D eigenvalue weighted by atomic mass is 32.2. The molecule has 0 spiro atoms. The lowest BCUT2D eigenvalue weighted by atomic mass is 10.1. The molecule has 0 fully saturated rings. The summed E-state index contributed by atoms with van der Waals surface area (Å²) in [5, 5.41) is 2.90. The molecule has 0 radical (unpaired) electrons. The summed E-state index contributed by atoms with van der Waals surface area (Å²) >= 11 is 0. The van der Waals surface area contributed by atoms with Crippen molar-refractivity contribution in [1.82, 2.24) is 9.62 Å². The molecule has 0 saturated heterocycles. The second-order valence-electron chi connectivity index (χ2n) is 6.63. The third kappa shape index (κ3) is 6.08. The van der Waals surface area contributed by atoms with Gasteiger partial charge in [-0.3, -0.25) is 4.79 Å². The SMILES string of the molecule is C[C@H](CCc1ccccc1)NC(=O)CN(c1ccccc1)S(=O)(=O)N(C)C. The van der Waals surface area contributed by atoms with Crippen LogP contribution in [-0.4, -0.2) is 45.3 Å². The molecule has 0 aliphatic carbocycles. The molecule has 146 valence electrons. The number of rotatable bonds is 9. The number of hydrogen-bond donors (Lipinski definition) is 1. The smallest absolute Gasteiger partial charge is 0.304 e. The summed E-state index contributed by atoms with van der Waals surface area (Å²) in [4.78, 5) is 12.5. The van der Waals surface area contributed by atoms with E-state index < -0.39 is 10.2 Å². The van der Waals surface area contributed by atoms with E-state index in [0.29, 0.717) is 5.69 Å². The molecule has 0 bridgehead atoms. The standard InChI is InChI=1S/C20H27N3O3S/c1-17(14-15-18-10-6-4-7-11-18)21-20(24)16-23(27(25,26)22(2)3)19-12-8-5-9-13-19/h4-13,17H,14-16H2,1-3H3,(H,21,24)/t17-/m1/s1. The number of nitrogens with one attached hydrogen (secondary N) is 1. The molecule has 2 rings (SSSR count). The molecule has 1 amide bonds. The minimum absolute atomic E-state index is 0.0580. The molecule has 7 heteroatoms. The van der Waals surface area contributed by atoms with E-state index in [1.54, 1.807) is 30.3 Å². The fraction of sp³-hybridized carbons (Fsp3) is 0.350. The summed E-state index contributed by atoms with van der Waals surface area (Å²) in [7, 11) is -0.872. The molecule has 6 nitrogen and oxygen atoms in total. The van der Waals surface area contributed by atoms with Gasteiger partial charge in [-0.15, -0.1) is 0 Å². The summed E-state index contributed by atoms with van der Waals surface area (Å²) in [6.07, 6.45) is 1.63. The van der Waals surface area contributed by atoms with Gasteiger partial charge in [0.05, 0.1) is 5.69 Å². The number of carbonyl (C=O) groups excluding carboxylic acids is 1. The van der Waals surface area contributed by atoms with Crippen LogP contribution in [0.4, 0.5) is 5.69 Å². The number of anilines is 1. The van der Waals surface area contributed by atoms with Crippen molar-refractivity contribution in [3.05, 3.63) is 66.2 Å². The van der Waals surface area contributed by atoms with E-state index in [2.05, 4.69) is 17.4 Å². The Labute approximate surface area is 162 Å². The predicted octanol–water partition coefficient (Wildman–Crippen LogP) is 2.44. The largest absolute Gasteiger partial charge is 0.352 e. The van der Waals surface area contributed by atoms with Crippen molar-refractivity contribution < 1.29 is 13.2 Å². The molecule has 1 atom stereocenters. The van der Waals surface area contributed by atoms with Crippen LogP contribution in [0.5, 0.6) is 0 Å². The van der Waals surface area contributed by atoms with E-state index in [1.165, 1.54) is 19.7 Å². The summed E-state index contributed by atoms with van der Waals surface area (Å²) < 4.78 is 27.5. The van der Waals surface area contributed by atoms with Crippen molar-refractivity contribution in [2.75, 3.05) is 24.9 Å². The Morgan fingerprint density at radius 3 is 2.11 bits per heavy atom. The van der Waals surface area contributed by atoms with Crippen molar-refractivity contribution in [2.45, 2.75) is 25.8 Å². The van der Waals surface area contributed by atoms with E-state index in [4.69, 9.17) is 0 Å². The number of carbonyl (C=O) groups is 1. The van der Waals surface area contributed by atoms with E-state index in [0.717, 1.165) is 21.5 Å². The fourth-order valence-corrected chi connectivity index (χ4v) is 3.71. The normalized spacial score (nSPS) is 12.6. The Morgan fingerprint density at radius 1 is 1.00 bits per heavy atom. The lowest BCUT2D eigenvalue weighted by molar-refractivity contribution is -0.120. The Kier molecular flexibility index (Phi) is 7.38. The van der Waals surface area contributed by atoms with E-state index in [-0.39, 0.29) is 18.5 Å². The van der Waals surface area contributed by atoms with E-state index >= 15 is 0 Å². The van der Waals surface area contributed by atoms with Crippen LogP contribution in [0, 0.1) is 0 Å². The maximum atomic E-state index is 12.6. The number of benzene rings is 2. The first-order valence-corrected chi connectivity index (χ1v) is 10.3. The molecule has 2 aromatic carbocycles. The van der Waals surface area contributed by atoms with Gasteiger partial charge in [0, 0.05) is 20.1 Å². The van der Waals surface area contributed by atoms with Gasteiger partial charge in [0.15, 0.2) is 0 Å². The summed E-state index contributed by atoms with van der Waals surface area (Å²) in [6.45, 7) is 1.66. The first-order chi connectivity index (χ1) is 12.8. The zero-order chi connectivity index (χ0) is 19.9. The highest BCUT2D eigenvalue weighted by Crippen LogP contribution is 2.18. The number of para-hydroxylation sites is 1. The monoisotopic (exact) mass is 389 g/mol. The van der Waals surface area contributed by atoms with Crippen molar-refractivity contribution in [3.8, 4) is 0 Å². The summed E-state index contributed by atoms with van der Waals surface area (Å²) in [5.74, 6) is -0.329. The molecule has 0 aliphatic rings. The zero-order valence-electron chi connectivity index (χ0n) is 16.0. The van der Waals surface area contributed by atoms with Gasteiger partial charge in [-0.05, 0) is 37.5 Å². The predicted molar refractivity (Wildman–Crippen MR) is 109 cm³/mol.